The number of nitrogens with zero attached hydrogens (tertiary/aromatic N) is 3. The van der Waals surface area contributed by atoms with E-state index in [1.54, 1.807) is 11.8 Å². The SMILES string of the molecule is COc1ccc(Oc2c(CN(CC3CCCO3)C(=O)c3ccccc3)c(-c3ccccc3)nn2C)cc1. The van der Waals surface area contributed by atoms with Crippen LogP contribution in [-0.2, 0) is 18.3 Å². The largest absolute Gasteiger partial charge is 0.497 e. The van der Waals surface area contributed by atoms with E-state index >= 15 is 0 Å². The lowest BCUT2D eigenvalue weighted by Gasteiger charge is -2.26. The molecule has 1 unspecified atom stereocenters. The second-order valence-corrected chi connectivity index (χ2v) is 9.09. The van der Waals surface area contributed by atoms with Crippen molar-refractivity contribution in [1.82, 2.24) is 14.7 Å². The number of carbonyl (C=O) groups excluding carboxylic acids is 1. The third-order valence-corrected chi connectivity index (χ3v) is 6.51. The molecule has 37 heavy (non-hydrogen) atoms. The second-order valence-electron chi connectivity index (χ2n) is 9.09. The van der Waals surface area contributed by atoms with Gasteiger partial charge < -0.3 is 19.1 Å². The van der Waals surface area contributed by atoms with E-state index < -0.39 is 0 Å². The predicted molar refractivity (Wildman–Crippen MR) is 142 cm³/mol. The molecular formula is C30H31N3O4. The highest BCUT2D eigenvalue weighted by atomic mass is 16.5. The van der Waals surface area contributed by atoms with Crippen LogP contribution in [0, 0.1) is 0 Å². The molecule has 1 fully saturated rings. The fraction of sp³-hybridized carbons (Fsp3) is 0.267. The van der Waals surface area contributed by atoms with Gasteiger partial charge in [0.05, 0.1) is 25.3 Å². The van der Waals surface area contributed by atoms with E-state index in [1.165, 1.54) is 0 Å². The van der Waals surface area contributed by atoms with Gasteiger partial charge in [-0.05, 0) is 49.2 Å². The molecule has 1 atom stereocenters. The summed E-state index contributed by atoms with van der Waals surface area (Å²) in [6.07, 6.45) is 1.95. The first kappa shape index (κ1) is 24.6. The molecule has 1 aliphatic heterocycles. The van der Waals surface area contributed by atoms with E-state index in [4.69, 9.17) is 19.3 Å². The number of aromatic nitrogens is 2. The molecule has 4 aromatic rings. The van der Waals surface area contributed by atoms with Crippen LogP contribution < -0.4 is 9.47 Å². The first-order chi connectivity index (χ1) is 18.1. The Labute approximate surface area is 217 Å². The standard InChI is InChI=1S/C30H31N3O4/c1-32-30(37-25-17-15-24(35-2)16-18-25)27(28(31-32)22-10-5-3-6-11-22)21-33(20-26-14-9-19-36-26)29(34)23-12-7-4-8-13-23/h3-8,10-13,15-18,26H,9,14,19-21H2,1-2H3. The van der Waals surface area contributed by atoms with Crippen LogP contribution in [0.15, 0.2) is 84.9 Å². The monoisotopic (exact) mass is 497 g/mol. The maximum atomic E-state index is 13.7. The third-order valence-electron chi connectivity index (χ3n) is 6.51. The van der Waals surface area contributed by atoms with Gasteiger partial charge in [0.1, 0.15) is 17.2 Å². The molecule has 1 aromatic heterocycles. The molecule has 7 nitrogen and oxygen atoms in total. The van der Waals surface area contributed by atoms with Crippen LogP contribution in [0.4, 0.5) is 0 Å². The molecule has 0 spiro atoms. The summed E-state index contributed by atoms with van der Waals surface area (Å²) in [7, 11) is 3.49. The number of methoxy groups -OCH3 is 1. The van der Waals surface area contributed by atoms with Gasteiger partial charge in [-0.15, -0.1) is 0 Å². The molecule has 1 amide bonds. The Balaban J connectivity index is 1.54. The van der Waals surface area contributed by atoms with Crippen molar-refractivity contribution >= 4 is 5.91 Å². The Morgan fingerprint density at radius 3 is 2.32 bits per heavy atom. The summed E-state index contributed by atoms with van der Waals surface area (Å²) < 4.78 is 19.3. The van der Waals surface area contributed by atoms with Crippen molar-refractivity contribution in [2.45, 2.75) is 25.5 Å². The molecule has 1 saturated heterocycles. The lowest BCUT2D eigenvalue weighted by atomic mass is 10.1. The van der Waals surface area contributed by atoms with Crippen molar-refractivity contribution in [3.05, 3.63) is 96.1 Å². The second kappa shape index (κ2) is 11.3. The van der Waals surface area contributed by atoms with Gasteiger partial charge in [0.2, 0.25) is 5.88 Å². The number of hydrogen-bond acceptors (Lipinski definition) is 5. The van der Waals surface area contributed by atoms with Gasteiger partial charge in [0.15, 0.2) is 0 Å². The van der Waals surface area contributed by atoms with E-state index in [0.717, 1.165) is 42.0 Å². The highest BCUT2D eigenvalue weighted by Crippen LogP contribution is 2.35. The molecule has 5 rings (SSSR count). The minimum atomic E-state index is -0.0469. The average molecular weight is 498 g/mol. The van der Waals surface area contributed by atoms with Crippen LogP contribution in [0.1, 0.15) is 28.8 Å². The predicted octanol–water partition coefficient (Wildman–Crippen LogP) is 5.71. The Morgan fingerprint density at radius 1 is 1.00 bits per heavy atom. The fourth-order valence-corrected chi connectivity index (χ4v) is 4.61. The first-order valence-electron chi connectivity index (χ1n) is 12.5. The zero-order valence-corrected chi connectivity index (χ0v) is 21.2. The molecule has 7 heteroatoms. The number of benzene rings is 3. The van der Waals surface area contributed by atoms with Crippen molar-refractivity contribution in [2.75, 3.05) is 20.3 Å². The van der Waals surface area contributed by atoms with Crippen molar-refractivity contribution in [3.8, 4) is 28.6 Å². The highest BCUT2D eigenvalue weighted by Gasteiger charge is 2.28. The first-order valence-corrected chi connectivity index (χ1v) is 12.5. The topological polar surface area (TPSA) is 65.8 Å². The number of ether oxygens (including phenoxy) is 3. The number of rotatable bonds is 9. The van der Waals surface area contributed by atoms with Crippen LogP contribution in [0.3, 0.4) is 0 Å². The lowest BCUT2D eigenvalue weighted by Crippen LogP contribution is -2.37. The Kier molecular flexibility index (Phi) is 7.51. The minimum Gasteiger partial charge on any atom is -0.497 e. The summed E-state index contributed by atoms with van der Waals surface area (Å²) in [5.74, 6) is 1.94. The van der Waals surface area contributed by atoms with Crippen LogP contribution >= 0.6 is 0 Å². The van der Waals surface area contributed by atoms with Gasteiger partial charge >= 0.3 is 0 Å². The van der Waals surface area contributed by atoms with E-state index in [-0.39, 0.29) is 12.0 Å². The molecule has 0 aliphatic carbocycles. The summed E-state index contributed by atoms with van der Waals surface area (Å²) in [5.41, 5.74) is 3.22. The van der Waals surface area contributed by atoms with Crippen LogP contribution in [0.25, 0.3) is 11.3 Å². The number of carbonyl (C=O) groups is 1. The molecule has 2 heterocycles. The van der Waals surface area contributed by atoms with Gasteiger partial charge in [-0.3, -0.25) is 4.79 Å². The van der Waals surface area contributed by atoms with E-state index in [9.17, 15) is 4.79 Å². The van der Waals surface area contributed by atoms with Gasteiger partial charge in [-0.25, -0.2) is 4.68 Å². The Morgan fingerprint density at radius 2 is 1.68 bits per heavy atom. The Hall–Kier alpha value is -4.10. The molecule has 3 aromatic carbocycles. The summed E-state index contributed by atoms with van der Waals surface area (Å²) >= 11 is 0. The van der Waals surface area contributed by atoms with E-state index in [0.29, 0.717) is 30.3 Å². The van der Waals surface area contributed by atoms with Crippen molar-refractivity contribution in [2.24, 2.45) is 7.05 Å². The smallest absolute Gasteiger partial charge is 0.254 e. The van der Waals surface area contributed by atoms with Crippen LogP contribution in [0.2, 0.25) is 0 Å². The number of aryl methyl sites for hydroxylation is 1. The average Bonchev–Trinajstić information content (AvgIpc) is 3.57. The van der Waals surface area contributed by atoms with Crippen LogP contribution in [0.5, 0.6) is 17.4 Å². The lowest BCUT2D eigenvalue weighted by molar-refractivity contribution is 0.0506. The molecule has 0 bridgehead atoms. The van der Waals surface area contributed by atoms with Crippen molar-refractivity contribution in [1.29, 1.82) is 0 Å². The fourth-order valence-electron chi connectivity index (χ4n) is 4.61. The Bertz CT molecular complexity index is 1310. The van der Waals surface area contributed by atoms with Crippen LogP contribution in [-0.4, -0.2) is 47.0 Å². The molecular weight excluding hydrogens is 466 g/mol. The van der Waals surface area contributed by atoms with E-state index in [1.807, 2.05) is 96.9 Å². The zero-order valence-electron chi connectivity index (χ0n) is 21.2. The summed E-state index contributed by atoms with van der Waals surface area (Å²) in [4.78, 5) is 15.6. The summed E-state index contributed by atoms with van der Waals surface area (Å²) in [6.45, 7) is 1.56. The summed E-state index contributed by atoms with van der Waals surface area (Å²) in [5, 5.41) is 4.83. The van der Waals surface area contributed by atoms with Gasteiger partial charge in [-0.1, -0.05) is 48.5 Å². The van der Waals surface area contributed by atoms with E-state index in [2.05, 4.69) is 0 Å². The van der Waals surface area contributed by atoms with Crippen molar-refractivity contribution < 1.29 is 19.0 Å². The highest BCUT2D eigenvalue weighted by molar-refractivity contribution is 5.94. The molecule has 0 N–H and O–H groups in total. The molecule has 0 saturated carbocycles. The maximum Gasteiger partial charge on any atom is 0.254 e. The molecule has 190 valence electrons. The summed E-state index contributed by atoms with van der Waals surface area (Å²) in [6, 6.07) is 26.8. The zero-order chi connectivity index (χ0) is 25.6. The normalized spacial score (nSPS) is 14.9. The molecule has 0 radical (unpaired) electrons. The number of hydrogen-bond donors (Lipinski definition) is 0. The van der Waals surface area contributed by atoms with Gasteiger partial charge in [0, 0.05) is 31.3 Å². The van der Waals surface area contributed by atoms with Gasteiger partial charge in [0.25, 0.3) is 5.91 Å². The van der Waals surface area contributed by atoms with Gasteiger partial charge in [-0.2, -0.15) is 5.10 Å². The maximum absolute atomic E-state index is 13.7. The quantitative estimate of drug-likeness (QED) is 0.296. The van der Waals surface area contributed by atoms with Crippen molar-refractivity contribution in [3.63, 3.8) is 0 Å². The number of amides is 1. The minimum absolute atomic E-state index is 0.00969. The molecule has 1 aliphatic rings. The third kappa shape index (κ3) is 5.67.